The second-order valence-corrected chi connectivity index (χ2v) is 4.63. The van der Waals surface area contributed by atoms with Gasteiger partial charge in [0.15, 0.2) is 10.4 Å². The summed E-state index contributed by atoms with van der Waals surface area (Å²) in [5, 5.41) is 3.30. The molecule has 5 nitrogen and oxygen atoms in total. The molecule has 7 heteroatoms. The lowest BCUT2D eigenvalue weighted by atomic mass is 10.4. The summed E-state index contributed by atoms with van der Waals surface area (Å²) in [6.45, 7) is 3.02. The lowest BCUT2D eigenvalue weighted by molar-refractivity contribution is -0.121. The second kappa shape index (κ2) is 5.49. The van der Waals surface area contributed by atoms with E-state index in [1.807, 2.05) is 6.92 Å². The number of aryl methyl sites for hydroxylation is 1. The minimum Gasteiger partial charge on any atom is -0.356 e. The molecule has 0 atom stereocenters. The van der Waals surface area contributed by atoms with Crippen LogP contribution in [0.5, 0.6) is 0 Å². The number of carbonyl (C=O) groups is 1. The predicted molar refractivity (Wildman–Crippen MR) is 73.2 cm³/mol. The van der Waals surface area contributed by atoms with E-state index >= 15 is 0 Å². The number of hydrogen-bond donors (Lipinski definition) is 2. The lowest BCUT2D eigenvalue weighted by Gasteiger charge is -2.04. The molecule has 2 aromatic heterocycles. The first kappa shape index (κ1) is 13.0. The molecule has 0 aliphatic carbocycles. The molecule has 0 fully saturated rings. The SMILES string of the molecule is CCNC(=O)CCn1c(=S)[nH]c2cc(Cl)cnc21. The summed E-state index contributed by atoms with van der Waals surface area (Å²) in [5.74, 6) is 0.00251. The van der Waals surface area contributed by atoms with Crippen molar-refractivity contribution in [1.29, 1.82) is 0 Å². The number of nitrogens with zero attached hydrogens (tertiary/aromatic N) is 2. The van der Waals surface area contributed by atoms with Crippen molar-refractivity contribution in [3.63, 3.8) is 0 Å². The molecule has 2 rings (SSSR count). The van der Waals surface area contributed by atoms with Gasteiger partial charge in [-0.05, 0) is 25.2 Å². The third-order valence-corrected chi connectivity index (χ3v) is 3.04. The van der Waals surface area contributed by atoms with Gasteiger partial charge in [-0.1, -0.05) is 11.6 Å². The van der Waals surface area contributed by atoms with Gasteiger partial charge in [0.05, 0.1) is 10.5 Å². The Balaban J connectivity index is 2.25. The van der Waals surface area contributed by atoms with Gasteiger partial charge in [-0.3, -0.25) is 4.79 Å². The van der Waals surface area contributed by atoms with Gasteiger partial charge in [0.2, 0.25) is 5.91 Å². The highest BCUT2D eigenvalue weighted by Gasteiger charge is 2.08. The standard InChI is InChI=1S/C11H13ClN4OS/c1-2-13-9(17)3-4-16-10-8(15-11(16)18)5-7(12)6-14-10/h5-6H,2-4H2,1H3,(H,13,17)(H,15,18). The molecule has 0 aliphatic rings. The smallest absolute Gasteiger partial charge is 0.221 e. The molecule has 0 saturated heterocycles. The molecule has 0 aromatic carbocycles. The van der Waals surface area contributed by atoms with Gasteiger partial charge in [-0.15, -0.1) is 0 Å². The zero-order chi connectivity index (χ0) is 13.1. The largest absolute Gasteiger partial charge is 0.356 e. The Morgan fingerprint density at radius 1 is 1.67 bits per heavy atom. The highest BCUT2D eigenvalue weighted by Crippen LogP contribution is 2.16. The number of aromatic amines is 1. The van der Waals surface area contributed by atoms with Crippen LogP contribution in [0.3, 0.4) is 0 Å². The highest BCUT2D eigenvalue weighted by atomic mass is 35.5. The van der Waals surface area contributed by atoms with E-state index in [1.165, 1.54) is 0 Å². The van der Waals surface area contributed by atoms with E-state index in [2.05, 4.69) is 15.3 Å². The topological polar surface area (TPSA) is 62.7 Å². The molecule has 1 amide bonds. The van der Waals surface area contributed by atoms with Crippen LogP contribution >= 0.6 is 23.8 Å². The molecular formula is C11H13ClN4OS. The molecule has 0 bridgehead atoms. The van der Waals surface area contributed by atoms with Crippen molar-refractivity contribution in [1.82, 2.24) is 19.9 Å². The molecule has 0 aliphatic heterocycles. The number of nitrogens with one attached hydrogen (secondary N) is 2. The predicted octanol–water partition coefficient (Wildman–Crippen LogP) is 2.27. The van der Waals surface area contributed by atoms with Gasteiger partial charge < -0.3 is 14.9 Å². The maximum atomic E-state index is 11.4. The maximum absolute atomic E-state index is 11.4. The Morgan fingerprint density at radius 3 is 3.17 bits per heavy atom. The molecule has 96 valence electrons. The minimum atomic E-state index is 0.00251. The summed E-state index contributed by atoms with van der Waals surface area (Å²) < 4.78 is 2.35. The van der Waals surface area contributed by atoms with Crippen LogP contribution in [0.15, 0.2) is 12.3 Å². The highest BCUT2D eigenvalue weighted by molar-refractivity contribution is 7.71. The van der Waals surface area contributed by atoms with Crippen molar-refractivity contribution in [3.8, 4) is 0 Å². The van der Waals surface area contributed by atoms with E-state index < -0.39 is 0 Å². The Kier molecular flexibility index (Phi) is 3.98. The fraction of sp³-hybridized carbons (Fsp3) is 0.364. The first-order chi connectivity index (χ1) is 8.61. The van der Waals surface area contributed by atoms with Crippen molar-refractivity contribution >= 4 is 40.9 Å². The summed E-state index contributed by atoms with van der Waals surface area (Å²) in [4.78, 5) is 18.7. The second-order valence-electron chi connectivity index (χ2n) is 3.81. The minimum absolute atomic E-state index is 0.00251. The average molecular weight is 285 g/mol. The van der Waals surface area contributed by atoms with E-state index in [4.69, 9.17) is 23.8 Å². The number of amides is 1. The van der Waals surface area contributed by atoms with E-state index in [0.29, 0.717) is 35.0 Å². The fourth-order valence-electron chi connectivity index (χ4n) is 1.72. The van der Waals surface area contributed by atoms with Crippen molar-refractivity contribution in [2.75, 3.05) is 6.54 Å². The molecule has 2 aromatic rings. The third kappa shape index (κ3) is 2.70. The Morgan fingerprint density at radius 2 is 2.44 bits per heavy atom. The molecule has 0 spiro atoms. The van der Waals surface area contributed by atoms with Crippen molar-refractivity contribution in [3.05, 3.63) is 22.1 Å². The number of aromatic nitrogens is 3. The molecule has 0 radical (unpaired) electrons. The lowest BCUT2D eigenvalue weighted by Crippen LogP contribution is -2.23. The molecule has 2 N–H and O–H groups in total. The molecule has 2 heterocycles. The molecule has 18 heavy (non-hydrogen) atoms. The summed E-state index contributed by atoms with van der Waals surface area (Å²) in [5.41, 5.74) is 1.50. The van der Waals surface area contributed by atoms with Crippen molar-refractivity contribution < 1.29 is 4.79 Å². The van der Waals surface area contributed by atoms with Crippen LogP contribution in [0.25, 0.3) is 11.2 Å². The average Bonchev–Trinajstić information content (AvgIpc) is 2.61. The number of pyridine rings is 1. The Labute approximate surface area is 114 Å². The van der Waals surface area contributed by atoms with Crippen LogP contribution in [-0.2, 0) is 11.3 Å². The van der Waals surface area contributed by atoms with Crippen LogP contribution in [0.1, 0.15) is 13.3 Å². The quantitative estimate of drug-likeness (QED) is 0.847. The van der Waals surface area contributed by atoms with E-state index in [-0.39, 0.29) is 5.91 Å². The normalized spacial score (nSPS) is 10.8. The molecular weight excluding hydrogens is 272 g/mol. The van der Waals surface area contributed by atoms with Crippen LogP contribution in [-0.4, -0.2) is 27.0 Å². The summed E-state index contributed by atoms with van der Waals surface area (Å²) in [6.07, 6.45) is 1.94. The molecule has 0 saturated carbocycles. The number of H-pyrrole nitrogens is 1. The zero-order valence-corrected chi connectivity index (χ0v) is 11.4. The van der Waals surface area contributed by atoms with Gasteiger partial charge >= 0.3 is 0 Å². The monoisotopic (exact) mass is 284 g/mol. The Hall–Kier alpha value is -1.40. The van der Waals surface area contributed by atoms with Gasteiger partial charge in [-0.2, -0.15) is 0 Å². The maximum Gasteiger partial charge on any atom is 0.221 e. The van der Waals surface area contributed by atoms with Crippen LogP contribution in [0.4, 0.5) is 0 Å². The van der Waals surface area contributed by atoms with E-state index in [9.17, 15) is 4.79 Å². The zero-order valence-electron chi connectivity index (χ0n) is 9.86. The van der Waals surface area contributed by atoms with Crippen LogP contribution in [0.2, 0.25) is 5.02 Å². The number of fused-ring (bicyclic) bond motifs is 1. The summed E-state index contributed by atoms with van der Waals surface area (Å²) in [7, 11) is 0. The van der Waals surface area contributed by atoms with Gasteiger partial charge in [0.25, 0.3) is 0 Å². The van der Waals surface area contributed by atoms with Gasteiger partial charge in [0.1, 0.15) is 0 Å². The third-order valence-electron chi connectivity index (χ3n) is 2.51. The first-order valence-electron chi connectivity index (χ1n) is 5.62. The molecule has 0 unspecified atom stereocenters. The van der Waals surface area contributed by atoms with Crippen molar-refractivity contribution in [2.24, 2.45) is 0 Å². The van der Waals surface area contributed by atoms with Crippen molar-refractivity contribution in [2.45, 2.75) is 19.9 Å². The number of hydrogen-bond acceptors (Lipinski definition) is 3. The number of carbonyl (C=O) groups excluding carboxylic acids is 1. The number of rotatable bonds is 4. The Bertz CT molecular complexity index is 633. The summed E-state index contributed by atoms with van der Waals surface area (Å²) in [6, 6.07) is 1.77. The first-order valence-corrected chi connectivity index (χ1v) is 6.41. The number of halogens is 1. The fourth-order valence-corrected chi connectivity index (χ4v) is 2.17. The number of imidazole rings is 1. The van der Waals surface area contributed by atoms with Crippen LogP contribution in [0, 0.1) is 4.77 Å². The van der Waals surface area contributed by atoms with Gasteiger partial charge in [0, 0.05) is 25.7 Å². The summed E-state index contributed by atoms with van der Waals surface area (Å²) >= 11 is 11.1. The van der Waals surface area contributed by atoms with Crippen LogP contribution < -0.4 is 5.32 Å². The van der Waals surface area contributed by atoms with Gasteiger partial charge in [-0.25, -0.2) is 4.98 Å². The van der Waals surface area contributed by atoms with E-state index in [0.717, 1.165) is 5.52 Å². The van der Waals surface area contributed by atoms with E-state index in [1.54, 1.807) is 16.8 Å².